The third-order valence-corrected chi connectivity index (χ3v) is 3.90. The van der Waals surface area contributed by atoms with Crippen molar-refractivity contribution in [2.45, 2.75) is 19.8 Å². The molecule has 0 aliphatic rings. The zero-order chi connectivity index (χ0) is 11.7. The van der Waals surface area contributed by atoms with Crippen molar-refractivity contribution in [3.05, 3.63) is 34.5 Å². The van der Waals surface area contributed by atoms with Gasteiger partial charge in [0.1, 0.15) is 5.82 Å². The highest BCUT2D eigenvalue weighted by Gasteiger charge is 2.10. The standard InChI is InChI=1S/C12H11FO2S/c1-7-9-6-8(13)2-3-11(9)16-10(7)4-5-12(14)15/h2-3,6H,4-5H2,1H3,(H,14,15). The molecule has 0 unspecified atom stereocenters. The van der Waals surface area contributed by atoms with Crippen molar-refractivity contribution in [1.29, 1.82) is 0 Å². The first-order valence-corrected chi connectivity index (χ1v) is 5.79. The number of rotatable bonds is 3. The topological polar surface area (TPSA) is 37.3 Å². The second-order valence-corrected chi connectivity index (χ2v) is 4.82. The third-order valence-electron chi connectivity index (χ3n) is 2.56. The lowest BCUT2D eigenvalue weighted by molar-refractivity contribution is -0.136. The second-order valence-electron chi connectivity index (χ2n) is 3.68. The van der Waals surface area contributed by atoms with Crippen molar-refractivity contribution >= 4 is 27.4 Å². The summed E-state index contributed by atoms with van der Waals surface area (Å²) in [4.78, 5) is 11.5. The van der Waals surface area contributed by atoms with Crippen LogP contribution in [0.3, 0.4) is 0 Å². The van der Waals surface area contributed by atoms with Gasteiger partial charge in [0.2, 0.25) is 0 Å². The Balaban J connectivity index is 2.40. The van der Waals surface area contributed by atoms with Crippen molar-refractivity contribution in [2.24, 2.45) is 0 Å². The summed E-state index contributed by atoms with van der Waals surface area (Å²) in [7, 11) is 0. The predicted molar refractivity (Wildman–Crippen MR) is 62.5 cm³/mol. The van der Waals surface area contributed by atoms with Crippen LogP contribution < -0.4 is 0 Å². The van der Waals surface area contributed by atoms with Crippen LogP contribution in [0.1, 0.15) is 16.9 Å². The number of benzene rings is 1. The Labute approximate surface area is 96.3 Å². The van der Waals surface area contributed by atoms with Gasteiger partial charge in [-0.25, -0.2) is 4.39 Å². The highest BCUT2D eigenvalue weighted by Crippen LogP contribution is 2.31. The average Bonchev–Trinajstić information content (AvgIpc) is 2.53. The summed E-state index contributed by atoms with van der Waals surface area (Å²) in [6, 6.07) is 4.68. The molecule has 0 aliphatic carbocycles. The summed E-state index contributed by atoms with van der Waals surface area (Å²) < 4.78 is 14.1. The summed E-state index contributed by atoms with van der Waals surface area (Å²) in [6.45, 7) is 1.91. The number of hydrogen-bond donors (Lipinski definition) is 1. The lowest BCUT2D eigenvalue weighted by atomic mass is 10.1. The molecule has 1 N–H and O–H groups in total. The molecule has 2 aromatic rings. The zero-order valence-corrected chi connectivity index (χ0v) is 9.60. The Morgan fingerprint density at radius 1 is 1.50 bits per heavy atom. The minimum atomic E-state index is -0.803. The molecule has 0 aliphatic heterocycles. The van der Waals surface area contributed by atoms with E-state index in [9.17, 15) is 9.18 Å². The number of carboxylic acid groups (broad SMARTS) is 1. The SMILES string of the molecule is Cc1c(CCC(=O)O)sc2ccc(F)cc12. The third kappa shape index (κ3) is 2.07. The number of hydrogen-bond acceptors (Lipinski definition) is 2. The predicted octanol–water partition coefficient (Wildman–Crippen LogP) is 3.37. The molecule has 0 saturated carbocycles. The fourth-order valence-electron chi connectivity index (χ4n) is 1.70. The van der Waals surface area contributed by atoms with Crippen LogP contribution in [-0.2, 0) is 11.2 Å². The van der Waals surface area contributed by atoms with Crippen molar-refractivity contribution in [2.75, 3.05) is 0 Å². The summed E-state index contributed by atoms with van der Waals surface area (Å²) in [6.07, 6.45) is 0.637. The Hall–Kier alpha value is -1.42. The zero-order valence-electron chi connectivity index (χ0n) is 8.79. The number of thiophene rings is 1. The number of carboxylic acids is 1. The maximum atomic E-state index is 13.1. The van der Waals surface area contributed by atoms with Gasteiger partial charge in [-0.2, -0.15) is 0 Å². The van der Waals surface area contributed by atoms with Gasteiger partial charge in [0.15, 0.2) is 0 Å². The molecule has 0 spiro atoms. The quantitative estimate of drug-likeness (QED) is 0.890. The van der Waals surface area contributed by atoms with Crippen LogP contribution in [0.2, 0.25) is 0 Å². The van der Waals surface area contributed by atoms with E-state index in [1.54, 1.807) is 17.4 Å². The molecule has 0 atom stereocenters. The summed E-state index contributed by atoms with van der Waals surface area (Å²) >= 11 is 1.54. The maximum Gasteiger partial charge on any atom is 0.303 e. The Bertz CT molecular complexity index is 545. The van der Waals surface area contributed by atoms with E-state index in [1.165, 1.54) is 12.1 Å². The van der Waals surface area contributed by atoms with Crippen molar-refractivity contribution in [1.82, 2.24) is 0 Å². The van der Waals surface area contributed by atoms with Gasteiger partial charge in [-0.3, -0.25) is 4.79 Å². The first-order chi connectivity index (χ1) is 7.58. The fraction of sp³-hybridized carbons (Fsp3) is 0.250. The van der Waals surface area contributed by atoms with E-state index in [2.05, 4.69) is 0 Å². The van der Waals surface area contributed by atoms with Gasteiger partial charge < -0.3 is 5.11 Å². The van der Waals surface area contributed by atoms with E-state index >= 15 is 0 Å². The summed E-state index contributed by atoms with van der Waals surface area (Å²) in [5.74, 6) is -1.05. The average molecular weight is 238 g/mol. The van der Waals surface area contributed by atoms with Crippen LogP contribution in [0, 0.1) is 12.7 Å². The van der Waals surface area contributed by atoms with E-state index in [0.717, 1.165) is 20.5 Å². The van der Waals surface area contributed by atoms with E-state index in [4.69, 9.17) is 5.11 Å². The van der Waals surface area contributed by atoms with Gasteiger partial charge in [-0.1, -0.05) is 0 Å². The van der Waals surface area contributed by atoms with E-state index in [1.807, 2.05) is 6.92 Å². The molecule has 1 heterocycles. The van der Waals surface area contributed by atoms with Crippen LogP contribution in [0.4, 0.5) is 4.39 Å². The number of fused-ring (bicyclic) bond motifs is 1. The molecule has 0 fully saturated rings. The molecule has 4 heteroatoms. The van der Waals surface area contributed by atoms with Gasteiger partial charge >= 0.3 is 5.97 Å². The van der Waals surface area contributed by atoms with Crippen LogP contribution >= 0.6 is 11.3 Å². The minimum absolute atomic E-state index is 0.121. The first-order valence-electron chi connectivity index (χ1n) is 4.97. The minimum Gasteiger partial charge on any atom is -0.481 e. The number of halogens is 1. The molecule has 1 aromatic heterocycles. The molecular formula is C12H11FO2S. The number of carbonyl (C=O) groups is 1. The number of aliphatic carboxylic acids is 1. The van der Waals surface area contributed by atoms with E-state index in [-0.39, 0.29) is 12.2 Å². The molecule has 84 valence electrons. The molecule has 0 saturated heterocycles. The van der Waals surface area contributed by atoms with Crippen LogP contribution in [0.15, 0.2) is 18.2 Å². The Morgan fingerprint density at radius 3 is 2.94 bits per heavy atom. The molecular weight excluding hydrogens is 227 g/mol. The molecule has 2 rings (SSSR count). The van der Waals surface area contributed by atoms with E-state index < -0.39 is 5.97 Å². The molecule has 16 heavy (non-hydrogen) atoms. The van der Waals surface area contributed by atoms with Crippen LogP contribution in [-0.4, -0.2) is 11.1 Å². The number of aryl methyl sites for hydroxylation is 2. The first kappa shape index (κ1) is 11.1. The van der Waals surface area contributed by atoms with Crippen LogP contribution in [0.5, 0.6) is 0 Å². The van der Waals surface area contributed by atoms with Crippen molar-refractivity contribution < 1.29 is 14.3 Å². The van der Waals surface area contributed by atoms with Crippen molar-refractivity contribution in [3.8, 4) is 0 Å². The maximum absolute atomic E-state index is 13.1. The van der Waals surface area contributed by atoms with Crippen molar-refractivity contribution in [3.63, 3.8) is 0 Å². The van der Waals surface area contributed by atoms with Gasteiger partial charge in [-0.05, 0) is 42.5 Å². The lowest BCUT2D eigenvalue weighted by Crippen LogP contribution is -1.96. The van der Waals surface area contributed by atoms with Gasteiger partial charge in [0, 0.05) is 9.58 Å². The lowest BCUT2D eigenvalue weighted by Gasteiger charge is -1.96. The monoisotopic (exact) mass is 238 g/mol. The summed E-state index contributed by atoms with van der Waals surface area (Å²) in [5.41, 5.74) is 1.00. The largest absolute Gasteiger partial charge is 0.481 e. The normalized spacial score (nSPS) is 10.9. The van der Waals surface area contributed by atoms with Crippen LogP contribution in [0.25, 0.3) is 10.1 Å². The van der Waals surface area contributed by atoms with Gasteiger partial charge in [0.25, 0.3) is 0 Å². The highest BCUT2D eigenvalue weighted by atomic mass is 32.1. The molecule has 1 aromatic carbocycles. The molecule has 2 nitrogen and oxygen atoms in total. The Kier molecular flexibility index (Phi) is 2.92. The summed E-state index contributed by atoms with van der Waals surface area (Å²) in [5, 5.41) is 9.52. The smallest absolute Gasteiger partial charge is 0.303 e. The molecule has 0 bridgehead atoms. The van der Waals surface area contributed by atoms with E-state index in [0.29, 0.717) is 6.42 Å². The second kappa shape index (κ2) is 4.22. The molecule has 0 radical (unpaired) electrons. The Morgan fingerprint density at radius 2 is 2.25 bits per heavy atom. The van der Waals surface area contributed by atoms with Gasteiger partial charge in [-0.15, -0.1) is 11.3 Å². The highest BCUT2D eigenvalue weighted by molar-refractivity contribution is 7.19. The van der Waals surface area contributed by atoms with Gasteiger partial charge in [0.05, 0.1) is 6.42 Å². The molecule has 0 amide bonds. The fourth-order valence-corrected chi connectivity index (χ4v) is 2.89.